The monoisotopic (exact) mass is 309 g/mol. The minimum Gasteiger partial charge on any atom is -0.355 e. The zero-order valence-electron chi connectivity index (χ0n) is 13.4. The van der Waals surface area contributed by atoms with E-state index in [0.717, 1.165) is 0 Å². The van der Waals surface area contributed by atoms with Gasteiger partial charge in [-0.1, -0.05) is 18.2 Å². The summed E-state index contributed by atoms with van der Waals surface area (Å²) < 4.78 is 13.4. The Hall–Kier alpha value is -1.95. The van der Waals surface area contributed by atoms with Crippen molar-refractivity contribution >= 4 is 11.8 Å². The molecule has 1 rings (SSSR count). The number of benzene rings is 1. The summed E-state index contributed by atoms with van der Waals surface area (Å²) in [5.41, 5.74) is 0.576. The van der Waals surface area contributed by atoms with E-state index >= 15 is 0 Å². The first-order valence-corrected chi connectivity index (χ1v) is 7.36. The number of carbonyl (C=O) groups excluding carboxylic acids is 2. The van der Waals surface area contributed by atoms with Crippen LogP contribution in [-0.2, 0) is 16.0 Å². The summed E-state index contributed by atoms with van der Waals surface area (Å²) in [7, 11) is 1.70. The van der Waals surface area contributed by atoms with E-state index in [1.54, 1.807) is 30.1 Å². The van der Waals surface area contributed by atoms with Gasteiger partial charge in [0.05, 0.1) is 13.1 Å². The molecule has 22 heavy (non-hydrogen) atoms. The van der Waals surface area contributed by atoms with Crippen LogP contribution in [0.5, 0.6) is 0 Å². The smallest absolute Gasteiger partial charge is 0.234 e. The van der Waals surface area contributed by atoms with Crippen LogP contribution >= 0.6 is 0 Å². The van der Waals surface area contributed by atoms with Gasteiger partial charge in [0, 0.05) is 12.6 Å². The highest BCUT2D eigenvalue weighted by atomic mass is 19.1. The average molecular weight is 309 g/mol. The molecule has 2 amide bonds. The van der Waals surface area contributed by atoms with Gasteiger partial charge in [-0.2, -0.15) is 0 Å². The van der Waals surface area contributed by atoms with Crippen molar-refractivity contribution in [1.82, 2.24) is 15.5 Å². The summed E-state index contributed by atoms with van der Waals surface area (Å²) in [6.07, 6.45) is 0.440. The lowest BCUT2D eigenvalue weighted by Crippen LogP contribution is -2.42. The summed E-state index contributed by atoms with van der Waals surface area (Å²) in [6, 6.07) is 6.58. The van der Waals surface area contributed by atoms with Gasteiger partial charge in [0.2, 0.25) is 11.8 Å². The van der Waals surface area contributed by atoms with E-state index in [1.165, 1.54) is 6.07 Å². The Morgan fingerprint density at radius 1 is 1.18 bits per heavy atom. The predicted molar refractivity (Wildman–Crippen MR) is 83.9 cm³/mol. The van der Waals surface area contributed by atoms with Gasteiger partial charge in [-0.05, 0) is 38.9 Å². The Labute approximate surface area is 130 Å². The molecule has 0 saturated heterocycles. The molecule has 0 radical (unpaired) electrons. The van der Waals surface area contributed by atoms with E-state index in [2.05, 4.69) is 10.6 Å². The van der Waals surface area contributed by atoms with Gasteiger partial charge in [0.15, 0.2) is 0 Å². The van der Waals surface area contributed by atoms with Crippen LogP contribution < -0.4 is 10.6 Å². The zero-order chi connectivity index (χ0) is 16.5. The molecule has 0 heterocycles. The van der Waals surface area contributed by atoms with Gasteiger partial charge in [-0.15, -0.1) is 0 Å². The van der Waals surface area contributed by atoms with Crippen molar-refractivity contribution in [2.24, 2.45) is 0 Å². The molecule has 0 aliphatic heterocycles. The normalized spacial score (nSPS) is 10.8. The minimum atomic E-state index is -0.265. The van der Waals surface area contributed by atoms with Crippen LogP contribution in [-0.4, -0.2) is 49.4 Å². The van der Waals surface area contributed by atoms with Crippen LogP contribution in [0.3, 0.4) is 0 Å². The molecule has 1 aromatic rings. The lowest BCUT2D eigenvalue weighted by molar-refractivity contribution is -0.124. The lowest BCUT2D eigenvalue weighted by atomic mass is 10.1. The second kappa shape index (κ2) is 9.15. The molecule has 6 heteroatoms. The van der Waals surface area contributed by atoms with Gasteiger partial charge in [-0.25, -0.2) is 4.39 Å². The number of carbonyl (C=O) groups is 2. The van der Waals surface area contributed by atoms with Crippen LogP contribution in [0.4, 0.5) is 4.39 Å². The maximum atomic E-state index is 13.4. The van der Waals surface area contributed by atoms with E-state index in [9.17, 15) is 14.0 Å². The third kappa shape index (κ3) is 7.17. The molecule has 0 aliphatic carbocycles. The third-order valence-electron chi connectivity index (χ3n) is 2.95. The first-order chi connectivity index (χ1) is 10.4. The van der Waals surface area contributed by atoms with Crippen molar-refractivity contribution in [1.29, 1.82) is 0 Å². The molecule has 1 aromatic carbocycles. The van der Waals surface area contributed by atoms with Crippen LogP contribution in [0.1, 0.15) is 19.4 Å². The standard InChI is InChI=1S/C16H24FN3O2/c1-12(2)19-16(22)11-20(3)10-15(21)18-9-8-13-6-4-5-7-14(13)17/h4-7,12H,8-11H2,1-3H3,(H,18,21)(H,19,22). The Bertz CT molecular complexity index is 506. The fourth-order valence-electron chi connectivity index (χ4n) is 2.01. The van der Waals surface area contributed by atoms with Crippen LogP contribution in [0.25, 0.3) is 0 Å². The Morgan fingerprint density at radius 2 is 1.82 bits per heavy atom. The van der Waals surface area contributed by atoms with Gasteiger partial charge < -0.3 is 10.6 Å². The molecule has 5 nitrogen and oxygen atoms in total. The quantitative estimate of drug-likeness (QED) is 0.751. The summed E-state index contributed by atoms with van der Waals surface area (Å²) in [6.45, 7) is 4.42. The zero-order valence-corrected chi connectivity index (χ0v) is 13.4. The summed E-state index contributed by atoms with van der Waals surface area (Å²) in [4.78, 5) is 24.9. The predicted octanol–water partition coefficient (Wildman–Crippen LogP) is 0.941. The molecule has 0 spiro atoms. The fraction of sp³-hybridized carbons (Fsp3) is 0.500. The van der Waals surface area contributed by atoms with Crippen molar-refractivity contribution in [3.8, 4) is 0 Å². The fourth-order valence-corrected chi connectivity index (χ4v) is 2.01. The number of hydrogen-bond acceptors (Lipinski definition) is 3. The van der Waals surface area contributed by atoms with Gasteiger partial charge in [-0.3, -0.25) is 14.5 Å². The molecule has 0 atom stereocenters. The van der Waals surface area contributed by atoms with Gasteiger partial charge in [0.1, 0.15) is 5.82 Å². The summed E-state index contributed by atoms with van der Waals surface area (Å²) in [5, 5.41) is 5.49. The molecular formula is C16H24FN3O2. The van der Waals surface area contributed by atoms with Crippen molar-refractivity contribution < 1.29 is 14.0 Å². The van der Waals surface area contributed by atoms with Crippen LogP contribution in [0.2, 0.25) is 0 Å². The first kappa shape index (κ1) is 18.1. The van der Waals surface area contributed by atoms with E-state index in [0.29, 0.717) is 18.5 Å². The van der Waals surface area contributed by atoms with Gasteiger partial charge in [0.25, 0.3) is 0 Å². The van der Waals surface area contributed by atoms with Crippen molar-refractivity contribution in [3.05, 3.63) is 35.6 Å². The first-order valence-electron chi connectivity index (χ1n) is 7.36. The highest BCUT2D eigenvalue weighted by Crippen LogP contribution is 2.06. The molecule has 0 aliphatic rings. The Balaban J connectivity index is 2.25. The van der Waals surface area contributed by atoms with E-state index in [-0.39, 0.29) is 36.8 Å². The van der Waals surface area contributed by atoms with E-state index < -0.39 is 0 Å². The maximum Gasteiger partial charge on any atom is 0.234 e. The number of amides is 2. The highest BCUT2D eigenvalue weighted by molar-refractivity contribution is 5.81. The maximum absolute atomic E-state index is 13.4. The molecular weight excluding hydrogens is 285 g/mol. The molecule has 2 N–H and O–H groups in total. The Kier molecular flexibility index (Phi) is 7.52. The number of rotatable bonds is 8. The minimum absolute atomic E-state index is 0.0792. The molecule has 0 unspecified atom stereocenters. The lowest BCUT2D eigenvalue weighted by Gasteiger charge is -2.17. The largest absolute Gasteiger partial charge is 0.355 e. The number of likely N-dealkylation sites (N-methyl/N-ethyl adjacent to an activating group) is 1. The SMILES string of the molecule is CC(C)NC(=O)CN(C)CC(=O)NCCc1ccccc1F. The van der Waals surface area contributed by atoms with Gasteiger partial charge >= 0.3 is 0 Å². The topological polar surface area (TPSA) is 61.4 Å². The van der Waals surface area contributed by atoms with Crippen molar-refractivity contribution in [2.45, 2.75) is 26.3 Å². The molecule has 122 valence electrons. The highest BCUT2D eigenvalue weighted by Gasteiger charge is 2.11. The molecule has 0 fully saturated rings. The van der Waals surface area contributed by atoms with Crippen molar-refractivity contribution in [2.75, 3.05) is 26.7 Å². The van der Waals surface area contributed by atoms with Crippen molar-refractivity contribution in [3.63, 3.8) is 0 Å². The third-order valence-corrected chi connectivity index (χ3v) is 2.95. The number of halogens is 1. The van der Waals surface area contributed by atoms with Crippen LogP contribution in [0.15, 0.2) is 24.3 Å². The van der Waals surface area contributed by atoms with E-state index in [1.807, 2.05) is 13.8 Å². The second-order valence-corrected chi connectivity index (χ2v) is 5.59. The molecule has 0 bridgehead atoms. The second-order valence-electron chi connectivity index (χ2n) is 5.59. The average Bonchev–Trinajstić information content (AvgIpc) is 2.39. The summed E-state index contributed by atoms with van der Waals surface area (Å²) >= 11 is 0. The Morgan fingerprint density at radius 3 is 2.45 bits per heavy atom. The molecule has 0 aromatic heterocycles. The number of nitrogens with one attached hydrogen (secondary N) is 2. The number of nitrogens with zero attached hydrogens (tertiary/aromatic N) is 1. The van der Waals surface area contributed by atoms with E-state index in [4.69, 9.17) is 0 Å². The van der Waals surface area contributed by atoms with Crippen LogP contribution in [0, 0.1) is 5.82 Å². The molecule has 0 saturated carbocycles. The number of hydrogen-bond donors (Lipinski definition) is 2. The summed E-state index contributed by atoms with van der Waals surface area (Å²) in [5.74, 6) is -0.563.